The van der Waals surface area contributed by atoms with Crippen LogP contribution in [0.3, 0.4) is 0 Å². The molecule has 0 bridgehead atoms. The number of ether oxygens (including phenoxy) is 1. The zero-order chi connectivity index (χ0) is 25.4. The van der Waals surface area contributed by atoms with Crippen LogP contribution in [0.15, 0.2) is 54.6 Å². The van der Waals surface area contributed by atoms with Crippen LogP contribution < -0.4 is 10.1 Å². The highest BCUT2D eigenvalue weighted by atomic mass is 16.5. The summed E-state index contributed by atoms with van der Waals surface area (Å²) in [4.78, 5) is 0. The van der Waals surface area contributed by atoms with Crippen LogP contribution in [0.5, 0.6) is 5.75 Å². The molecule has 3 nitrogen and oxygen atoms in total. The van der Waals surface area contributed by atoms with Crippen LogP contribution >= 0.6 is 0 Å². The van der Waals surface area contributed by atoms with E-state index in [1.807, 2.05) is 26.0 Å². The Morgan fingerprint density at radius 3 is 2.40 bits per heavy atom. The van der Waals surface area contributed by atoms with Crippen LogP contribution in [0, 0.1) is 29.6 Å². The third kappa shape index (κ3) is 5.66. The molecule has 2 N–H and O–H groups in total. The minimum atomic E-state index is -0.0917. The number of allylic oxidation sites excluding steroid dienone is 1. The molecule has 2 aliphatic rings. The number of benzene rings is 2. The summed E-state index contributed by atoms with van der Waals surface area (Å²) in [5.41, 5.74) is 7.22. The fourth-order valence-corrected chi connectivity index (χ4v) is 6.77. The Morgan fingerprint density at radius 2 is 1.77 bits per heavy atom. The van der Waals surface area contributed by atoms with E-state index in [0.29, 0.717) is 11.3 Å². The van der Waals surface area contributed by atoms with E-state index < -0.39 is 0 Å². The molecule has 2 fully saturated rings. The summed E-state index contributed by atoms with van der Waals surface area (Å²) in [7, 11) is 0. The molecule has 0 amide bonds. The van der Waals surface area contributed by atoms with Crippen molar-refractivity contribution in [2.24, 2.45) is 17.3 Å². The molecule has 0 heterocycles. The van der Waals surface area contributed by atoms with Crippen molar-refractivity contribution in [2.75, 3.05) is 5.32 Å². The van der Waals surface area contributed by atoms with Gasteiger partial charge in [0.05, 0.1) is 6.10 Å². The predicted octanol–water partition coefficient (Wildman–Crippen LogP) is 8.99. The highest BCUT2D eigenvalue weighted by Crippen LogP contribution is 2.50. The minimum absolute atomic E-state index is 0.0917. The van der Waals surface area contributed by atoms with Gasteiger partial charge in [0.2, 0.25) is 0 Å². The van der Waals surface area contributed by atoms with Gasteiger partial charge < -0.3 is 15.5 Å². The van der Waals surface area contributed by atoms with Gasteiger partial charge in [-0.05, 0) is 106 Å². The molecule has 188 valence electrons. The van der Waals surface area contributed by atoms with E-state index >= 15 is 0 Å². The van der Waals surface area contributed by atoms with Crippen molar-refractivity contribution in [2.45, 2.75) is 91.6 Å². The lowest BCUT2D eigenvalue weighted by Crippen LogP contribution is -2.41. The van der Waals surface area contributed by atoms with Gasteiger partial charge in [0.1, 0.15) is 5.75 Å². The van der Waals surface area contributed by atoms with Gasteiger partial charge in [0.25, 0.3) is 0 Å². The van der Waals surface area contributed by atoms with E-state index in [1.165, 1.54) is 42.4 Å². The molecule has 0 radical (unpaired) electrons. The standard InChI is InChI=1S/C32H44N2O/c1-21(2)35-26-15-13-25(14-16-26)34-29-12-8-11-27(23(29)4)32(7)18-22(3)30(28(33)20-32)24-10-9-17-31(5,6)19-24/h8,11-16,21,24,30,33-34H,3,9-10,17-20H2,1-2,4-7H3. The Bertz CT molecular complexity index is 1060. The Labute approximate surface area is 212 Å². The smallest absolute Gasteiger partial charge is 0.119 e. The van der Waals surface area contributed by atoms with Gasteiger partial charge in [-0.15, -0.1) is 0 Å². The highest BCUT2D eigenvalue weighted by Gasteiger charge is 2.43. The number of rotatable bonds is 6. The van der Waals surface area contributed by atoms with Crippen molar-refractivity contribution in [1.82, 2.24) is 0 Å². The number of nitrogens with one attached hydrogen (secondary N) is 2. The summed E-state index contributed by atoms with van der Waals surface area (Å²) in [5, 5.41) is 12.7. The second-order valence-electron chi connectivity index (χ2n) is 12.4. The van der Waals surface area contributed by atoms with Crippen LogP contribution in [-0.4, -0.2) is 11.8 Å². The summed E-state index contributed by atoms with van der Waals surface area (Å²) in [6.45, 7) is 18.0. The average Bonchev–Trinajstić information content (AvgIpc) is 2.75. The Kier molecular flexibility index (Phi) is 7.18. The maximum atomic E-state index is 9.13. The molecular weight excluding hydrogens is 428 g/mol. The fraction of sp³-hybridized carbons (Fsp3) is 0.531. The van der Waals surface area contributed by atoms with Crippen molar-refractivity contribution >= 4 is 17.1 Å². The maximum absolute atomic E-state index is 9.13. The lowest BCUT2D eigenvalue weighted by Gasteiger charge is -2.46. The summed E-state index contributed by atoms with van der Waals surface area (Å²) in [6.07, 6.45) is 6.99. The van der Waals surface area contributed by atoms with E-state index in [0.717, 1.165) is 35.7 Å². The van der Waals surface area contributed by atoms with Gasteiger partial charge in [-0.3, -0.25) is 0 Å². The Balaban J connectivity index is 1.53. The lowest BCUT2D eigenvalue weighted by atomic mass is 9.58. The average molecular weight is 473 g/mol. The molecule has 2 aromatic carbocycles. The normalized spacial score (nSPS) is 26.6. The molecule has 0 aliphatic heterocycles. The maximum Gasteiger partial charge on any atom is 0.119 e. The summed E-state index contributed by atoms with van der Waals surface area (Å²) in [5.74, 6) is 1.73. The van der Waals surface area contributed by atoms with Crippen LogP contribution in [0.25, 0.3) is 0 Å². The van der Waals surface area contributed by atoms with Gasteiger partial charge >= 0.3 is 0 Å². The van der Waals surface area contributed by atoms with E-state index in [9.17, 15) is 0 Å². The molecule has 3 atom stereocenters. The first-order valence-corrected chi connectivity index (χ1v) is 13.4. The fourth-order valence-electron chi connectivity index (χ4n) is 6.77. The highest BCUT2D eigenvalue weighted by molar-refractivity contribution is 5.89. The monoisotopic (exact) mass is 472 g/mol. The van der Waals surface area contributed by atoms with E-state index in [1.54, 1.807) is 0 Å². The summed E-state index contributed by atoms with van der Waals surface area (Å²) in [6, 6.07) is 14.7. The largest absolute Gasteiger partial charge is 0.491 e. The number of hydrogen-bond acceptors (Lipinski definition) is 3. The molecule has 0 saturated heterocycles. The van der Waals surface area contributed by atoms with Crippen molar-refractivity contribution in [3.05, 3.63) is 65.7 Å². The number of hydrogen-bond donors (Lipinski definition) is 2. The van der Waals surface area contributed by atoms with Crippen molar-refractivity contribution < 1.29 is 4.74 Å². The third-order valence-corrected chi connectivity index (χ3v) is 8.22. The quantitative estimate of drug-likeness (QED) is 0.412. The van der Waals surface area contributed by atoms with Crippen LogP contribution in [0.1, 0.15) is 84.3 Å². The SMILES string of the molecule is C=C1CC(C)(c2cccc(Nc3ccc(OC(C)C)cc3)c2C)CC(=N)C1C1CCCC(C)(C)C1. The minimum Gasteiger partial charge on any atom is -0.491 e. The van der Waals surface area contributed by atoms with Gasteiger partial charge in [0.15, 0.2) is 0 Å². The second-order valence-corrected chi connectivity index (χ2v) is 12.4. The van der Waals surface area contributed by atoms with Crippen molar-refractivity contribution in [1.29, 1.82) is 5.41 Å². The Hall–Kier alpha value is -2.55. The molecule has 0 spiro atoms. The molecule has 2 aliphatic carbocycles. The van der Waals surface area contributed by atoms with E-state index in [2.05, 4.69) is 69.9 Å². The van der Waals surface area contributed by atoms with E-state index in [4.69, 9.17) is 10.1 Å². The van der Waals surface area contributed by atoms with Gasteiger partial charge in [0, 0.05) is 28.4 Å². The topological polar surface area (TPSA) is 45.1 Å². The van der Waals surface area contributed by atoms with Crippen LogP contribution in [-0.2, 0) is 5.41 Å². The molecule has 4 rings (SSSR count). The second kappa shape index (κ2) is 9.84. The Morgan fingerprint density at radius 1 is 1.06 bits per heavy atom. The molecule has 2 aromatic rings. The first kappa shape index (κ1) is 25.5. The first-order valence-electron chi connectivity index (χ1n) is 13.4. The molecule has 35 heavy (non-hydrogen) atoms. The predicted molar refractivity (Wildman–Crippen MR) is 149 cm³/mol. The molecule has 2 saturated carbocycles. The molecule has 3 unspecified atom stereocenters. The van der Waals surface area contributed by atoms with Crippen LogP contribution in [0.2, 0.25) is 0 Å². The molecule has 0 aromatic heterocycles. The van der Waals surface area contributed by atoms with Crippen molar-refractivity contribution in [3.63, 3.8) is 0 Å². The van der Waals surface area contributed by atoms with Gasteiger partial charge in [-0.2, -0.15) is 0 Å². The van der Waals surface area contributed by atoms with Gasteiger partial charge in [-0.1, -0.05) is 51.5 Å². The lowest BCUT2D eigenvalue weighted by molar-refractivity contribution is 0.158. The molecule has 3 heteroatoms. The summed E-state index contributed by atoms with van der Waals surface area (Å²) < 4.78 is 5.78. The zero-order valence-electron chi connectivity index (χ0n) is 22.6. The third-order valence-electron chi connectivity index (χ3n) is 8.22. The zero-order valence-corrected chi connectivity index (χ0v) is 22.6. The van der Waals surface area contributed by atoms with E-state index in [-0.39, 0.29) is 17.4 Å². The van der Waals surface area contributed by atoms with Crippen LogP contribution in [0.4, 0.5) is 11.4 Å². The number of anilines is 2. The summed E-state index contributed by atoms with van der Waals surface area (Å²) >= 11 is 0. The van der Waals surface area contributed by atoms with Gasteiger partial charge in [-0.25, -0.2) is 0 Å². The molecular formula is C32H44N2O. The van der Waals surface area contributed by atoms with Crippen molar-refractivity contribution in [3.8, 4) is 5.75 Å². The first-order chi connectivity index (χ1) is 16.5.